The van der Waals surface area contributed by atoms with Crippen LogP contribution in [0.2, 0.25) is 5.15 Å². The second-order valence-corrected chi connectivity index (χ2v) is 13.2. The lowest BCUT2D eigenvalue weighted by atomic mass is 10.0. The van der Waals surface area contributed by atoms with Gasteiger partial charge in [-0.1, -0.05) is 17.7 Å². The van der Waals surface area contributed by atoms with Crippen molar-refractivity contribution in [1.29, 1.82) is 0 Å². The standard InChI is InChI=1S/C25H42ClN3O4S/c1-24(2,3)33-23(30)29-16-14-21(18-29)32-17-8-7-11-20(28-34(31)25(4,5)6)13-12-19-10-9-15-27-22(19)26/h9-10,15,20-21,28H,7-8,11-14,16-18H2,1-6H3. The number of halogens is 1. The predicted molar refractivity (Wildman–Crippen MR) is 138 cm³/mol. The number of carbonyl (C=O) groups excluding carboxylic acids is 1. The van der Waals surface area contributed by atoms with Crippen molar-refractivity contribution in [2.45, 2.75) is 103 Å². The highest BCUT2D eigenvalue weighted by Crippen LogP contribution is 2.20. The fourth-order valence-corrected chi connectivity index (χ4v) is 4.73. The van der Waals surface area contributed by atoms with E-state index in [4.69, 9.17) is 21.1 Å². The summed E-state index contributed by atoms with van der Waals surface area (Å²) in [5, 5.41) is 0.531. The number of aromatic nitrogens is 1. The van der Waals surface area contributed by atoms with Crippen molar-refractivity contribution in [2.75, 3.05) is 19.7 Å². The summed E-state index contributed by atoms with van der Waals surface area (Å²) in [4.78, 5) is 18.1. The highest BCUT2D eigenvalue weighted by Gasteiger charge is 2.30. The summed E-state index contributed by atoms with van der Waals surface area (Å²) in [7, 11) is -1.14. The third-order valence-electron chi connectivity index (χ3n) is 5.53. The van der Waals surface area contributed by atoms with Crippen LogP contribution in [0.15, 0.2) is 18.3 Å². The van der Waals surface area contributed by atoms with Gasteiger partial charge in [-0.3, -0.25) is 0 Å². The van der Waals surface area contributed by atoms with Gasteiger partial charge >= 0.3 is 6.09 Å². The van der Waals surface area contributed by atoms with Crippen LogP contribution in [0.3, 0.4) is 0 Å². The Kier molecular flexibility index (Phi) is 11.3. The van der Waals surface area contributed by atoms with E-state index in [1.165, 1.54) is 0 Å². The number of likely N-dealkylation sites (tertiary alicyclic amines) is 1. The first-order valence-electron chi connectivity index (χ1n) is 12.2. The molecule has 1 amide bonds. The number of rotatable bonds is 11. The largest absolute Gasteiger partial charge is 0.444 e. The number of amides is 1. The van der Waals surface area contributed by atoms with Crippen LogP contribution in [0, 0.1) is 0 Å². The summed E-state index contributed by atoms with van der Waals surface area (Å²) < 4.78 is 27.1. The minimum atomic E-state index is -1.14. The molecule has 1 aliphatic heterocycles. The second-order valence-electron chi connectivity index (χ2n) is 10.9. The van der Waals surface area contributed by atoms with Gasteiger partial charge in [0.25, 0.3) is 0 Å². The quantitative estimate of drug-likeness (QED) is 0.320. The van der Waals surface area contributed by atoms with Crippen LogP contribution in [0.1, 0.15) is 79.2 Å². The molecule has 1 saturated heterocycles. The Hall–Kier alpha value is -1.22. The molecule has 2 rings (SSSR count). The summed E-state index contributed by atoms with van der Waals surface area (Å²) in [6.07, 6.45) is 6.70. The van der Waals surface area contributed by atoms with Gasteiger partial charge in [-0.25, -0.2) is 18.7 Å². The summed E-state index contributed by atoms with van der Waals surface area (Å²) in [6, 6.07) is 4.00. The SMILES string of the molecule is CC(C)(C)OC(=O)N1CCC(OCCCCC(CCc2cccnc2Cl)NS(=O)C(C)(C)C)C1. The molecule has 0 saturated carbocycles. The van der Waals surface area contributed by atoms with Gasteiger partial charge in [-0.15, -0.1) is 0 Å². The molecule has 1 fully saturated rings. The van der Waals surface area contributed by atoms with E-state index in [9.17, 15) is 9.00 Å². The maximum Gasteiger partial charge on any atom is 0.410 e. The monoisotopic (exact) mass is 515 g/mol. The van der Waals surface area contributed by atoms with Crippen molar-refractivity contribution in [3.05, 3.63) is 29.0 Å². The Balaban J connectivity index is 1.75. The molecule has 3 unspecified atom stereocenters. The van der Waals surface area contributed by atoms with Crippen LogP contribution in [-0.2, 0) is 26.9 Å². The maximum absolute atomic E-state index is 12.7. The molecule has 7 nitrogen and oxygen atoms in total. The molecule has 34 heavy (non-hydrogen) atoms. The summed E-state index contributed by atoms with van der Waals surface area (Å²) in [5.74, 6) is 0. The normalized spacial score (nSPS) is 18.7. The molecule has 2 heterocycles. The molecule has 0 radical (unpaired) electrons. The number of ether oxygens (including phenoxy) is 2. The Morgan fingerprint density at radius 3 is 2.65 bits per heavy atom. The van der Waals surface area contributed by atoms with Crippen LogP contribution in [0.25, 0.3) is 0 Å². The number of carbonyl (C=O) groups is 1. The zero-order valence-corrected chi connectivity index (χ0v) is 23.1. The first kappa shape index (κ1) is 29.0. The van der Waals surface area contributed by atoms with Crippen LogP contribution < -0.4 is 4.72 Å². The first-order chi connectivity index (χ1) is 15.8. The van der Waals surface area contributed by atoms with E-state index in [0.29, 0.717) is 24.8 Å². The van der Waals surface area contributed by atoms with Gasteiger partial charge in [0.1, 0.15) is 10.8 Å². The van der Waals surface area contributed by atoms with Crippen molar-refractivity contribution in [2.24, 2.45) is 0 Å². The molecular formula is C25H42ClN3O4S. The smallest absolute Gasteiger partial charge is 0.410 e. The molecule has 1 aliphatic rings. The van der Waals surface area contributed by atoms with Crippen LogP contribution in [0.4, 0.5) is 4.79 Å². The van der Waals surface area contributed by atoms with Crippen molar-refractivity contribution in [3.8, 4) is 0 Å². The molecular weight excluding hydrogens is 474 g/mol. The number of aryl methyl sites for hydroxylation is 1. The zero-order chi connectivity index (χ0) is 25.4. The average Bonchev–Trinajstić information content (AvgIpc) is 3.19. The van der Waals surface area contributed by atoms with E-state index in [0.717, 1.165) is 44.1 Å². The van der Waals surface area contributed by atoms with Gasteiger partial charge in [0, 0.05) is 25.4 Å². The van der Waals surface area contributed by atoms with Gasteiger partial charge in [0.15, 0.2) is 0 Å². The lowest BCUT2D eigenvalue weighted by Crippen LogP contribution is -2.40. The molecule has 0 spiro atoms. The summed E-state index contributed by atoms with van der Waals surface area (Å²) in [5.41, 5.74) is 0.524. The third kappa shape index (κ3) is 10.6. The van der Waals surface area contributed by atoms with E-state index in [1.807, 2.05) is 53.7 Å². The highest BCUT2D eigenvalue weighted by atomic mass is 35.5. The van der Waals surface area contributed by atoms with Gasteiger partial charge in [-0.05, 0) is 91.7 Å². The first-order valence-corrected chi connectivity index (χ1v) is 13.7. The fourth-order valence-electron chi connectivity index (χ4n) is 3.63. The van der Waals surface area contributed by atoms with E-state index in [2.05, 4.69) is 9.71 Å². The van der Waals surface area contributed by atoms with E-state index in [1.54, 1.807) is 11.1 Å². The highest BCUT2D eigenvalue weighted by molar-refractivity contribution is 7.84. The average molecular weight is 516 g/mol. The number of hydrogen-bond acceptors (Lipinski definition) is 5. The Morgan fingerprint density at radius 2 is 2.00 bits per heavy atom. The molecule has 1 aromatic heterocycles. The van der Waals surface area contributed by atoms with Crippen molar-refractivity contribution >= 4 is 28.7 Å². The van der Waals surface area contributed by atoms with Crippen molar-refractivity contribution in [1.82, 2.24) is 14.6 Å². The fraction of sp³-hybridized carbons (Fsp3) is 0.760. The van der Waals surface area contributed by atoms with E-state index >= 15 is 0 Å². The van der Waals surface area contributed by atoms with Crippen LogP contribution >= 0.6 is 11.6 Å². The molecule has 1 N–H and O–H groups in total. The van der Waals surface area contributed by atoms with Crippen LogP contribution in [0.5, 0.6) is 0 Å². The van der Waals surface area contributed by atoms with E-state index in [-0.39, 0.29) is 23.0 Å². The van der Waals surface area contributed by atoms with Gasteiger partial charge in [0.05, 0.1) is 28.4 Å². The lowest BCUT2D eigenvalue weighted by Gasteiger charge is -2.25. The Labute approximate surface area is 212 Å². The minimum Gasteiger partial charge on any atom is -0.444 e. The Morgan fingerprint density at radius 1 is 1.26 bits per heavy atom. The van der Waals surface area contributed by atoms with Crippen molar-refractivity contribution in [3.63, 3.8) is 0 Å². The number of nitrogens with one attached hydrogen (secondary N) is 1. The third-order valence-corrected chi connectivity index (χ3v) is 7.53. The topological polar surface area (TPSA) is 80.8 Å². The number of hydrogen-bond donors (Lipinski definition) is 1. The summed E-state index contributed by atoms with van der Waals surface area (Å²) >= 11 is 6.21. The number of nitrogens with zero attached hydrogens (tertiary/aromatic N) is 2. The van der Waals surface area contributed by atoms with E-state index < -0.39 is 16.6 Å². The molecule has 0 aliphatic carbocycles. The Bertz CT molecular complexity index is 810. The lowest BCUT2D eigenvalue weighted by molar-refractivity contribution is 0.0206. The number of pyridine rings is 1. The van der Waals surface area contributed by atoms with Crippen molar-refractivity contribution < 1.29 is 18.5 Å². The van der Waals surface area contributed by atoms with Crippen LogP contribution in [-0.4, -0.2) is 62.4 Å². The van der Waals surface area contributed by atoms with Gasteiger partial charge in [0.2, 0.25) is 0 Å². The molecule has 1 aromatic rings. The maximum atomic E-state index is 12.7. The zero-order valence-electron chi connectivity index (χ0n) is 21.6. The molecule has 9 heteroatoms. The molecule has 3 atom stereocenters. The van der Waals surface area contributed by atoms with Gasteiger partial charge < -0.3 is 14.4 Å². The number of unbranched alkanes of at least 4 members (excludes halogenated alkanes) is 1. The molecule has 194 valence electrons. The molecule has 0 bridgehead atoms. The van der Waals surface area contributed by atoms with Gasteiger partial charge in [-0.2, -0.15) is 0 Å². The molecule has 0 aromatic carbocycles. The minimum absolute atomic E-state index is 0.0579. The predicted octanol–water partition coefficient (Wildman–Crippen LogP) is 5.28. The second kappa shape index (κ2) is 13.2. The summed E-state index contributed by atoms with van der Waals surface area (Å²) in [6.45, 7) is 13.4.